The molecule has 0 aliphatic carbocycles. The molecule has 0 heterocycles. The molecule has 8 N–H and O–H groups in total. The summed E-state index contributed by atoms with van der Waals surface area (Å²) >= 11 is 1.40. The van der Waals surface area contributed by atoms with Crippen molar-refractivity contribution in [1.29, 1.82) is 0 Å². The molecule has 0 amide bonds. The van der Waals surface area contributed by atoms with Crippen molar-refractivity contribution in [2.45, 2.75) is 0 Å². The zero-order valence-corrected chi connectivity index (χ0v) is 6.57. The smallest absolute Gasteiger partial charge is 0.369 e. The zero-order chi connectivity index (χ0) is 4.50. The predicted molar refractivity (Wildman–Crippen MR) is 27.4 cm³/mol. The van der Waals surface area contributed by atoms with E-state index in [1.807, 2.05) is 0 Å². The van der Waals surface area contributed by atoms with Gasteiger partial charge in [0.05, 0.1) is 0 Å². The minimum Gasteiger partial charge on any atom is -0.369 e. The first-order valence-corrected chi connectivity index (χ1v) is 4.10. The van der Waals surface area contributed by atoms with Crippen LogP contribution in [0.1, 0.15) is 0 Å². The summed E-state index contributed by atoms with van der Waals surface area (Å²) in [6.45, 7) is 0. The van der Waals surface area contributed by atoms with E-state index < -0.39 is 8.42 Å². The van der Waals surface area contributed by atoms with Crippen LogP contribution in [-0.4, -0.2) is 27.7 Å². The van der Waals surface area contributed by atoms with Gasteiger partial charge in [-0.15, -0.1) is 0 Å². The molecule has 7 heavy (non-hydrogen) atoms. The Morgan fingerprint density at radius 3 is 1.29 bits per heavy atom. The SMILES string of the molecule is O=S([O-])([O-])=[Se].[NH4+].[NH4+]. The molecule has 0 spiro atoms. The van der Waals surface area contributed by atoms with Crippen molar-refractivity contribution in [2.24, 2.45) is 0 Å². The molecule has 0 aliphatic heterocycles. The summed E-state index contributed by atoms with van der Waals surface area (Å²) in [6.07, 6.45) is 0. The van der Waals surface area contributed by atoms with Crippen LogP contribution in [0.5, 0.6) is 0 Å². The first kappa shape index (κ1) is 15.6. The summed E-state index contributed by atoms with van der Waals surface area (Å²) in [6, 6.07) is 0. The van der Waals surface area contributed by atoms with Crippen LogP contribution >= 0.6 is 0 Å². The molecule has 0 unspecified atom stereocenters. The van der Waals surface area contributed by atoms with Crippen LogP contribution in [0.3, 0.4) is 0 Å². The summed E-state index contributed by atoms with van der Waals surface area (Å²) in [5.41, 5.74) is 0. The van der Waals surface area contributed by atoms with E-state index in [0.29, 0.717) is 0 Å². The molecule has 0 aromatic heterocycles. The van der Waals surface area contributed by atoms with Gasteiger partial charge in [-0.1, -0.05) is 0 Å². The molecule has 0 aliphatic rings. The van der Waals surface area contributed by atoms with Crippen molar-refractivity contribution < 1.29 is 13.3 Å². The molecule has 0 bridgehead atoms. The largest absolute Gasteiger partial charge is 0.369 e. The minimum atomic E-state index is -4.04. The fourth-order valence-electron chi connectivity index (χ4n) is 0. The molecule has 0 rings (SSSR count). The standard InChI is InChI=1S/2H3N.H2O3SSe/c;;1-4(2,3)5/h2*1H3;(H2,1,2,3,5). The average molecular weight is 195 g/mol. The molecule has 5 nitrogen and oxygen atoms in total. The molecule has 0 aromatic rings. The first-order chi connectivity index (χ1) is 2.00. The maximum Gasteiger partial charge on any atom is -0.369 e. The van der Waals surface area contributed by atoms with E-state index in [0.717, 1.165) is 0 Å². The second-order valence-corrected chi connectivity index (χ2v) is 3.79. The van der Waals surface area contributed by atoms with Crippen LogP contribution in [0.4, 0.5) is 0 Å². The van der Waals surface area contributed by atoms with Gasteiger partial charge in [-0.2, -0.15) is 0 Å². The molecular formula is H8N2O3SSe. The van der Waals surface area contributed by atoms with Gasteiger partial charge in [0.15, 0.2) is 0 Å². The molecule has 0 fully saturated rings. The van der Waals surface area contributed by atoms with Crippen LogP contribution in [0.2, 0.25) is 0 Å². The second kappa shape index (κ2) is 4.66. The van der Waals surface area contributed by atoms with Gasteiger partial charge in [-0.3, -0.25) is 0 Å². The summed E-state index contributed by atoms with van der Waals surface area (Å²) in [5, 5.41) is 0. The normalized spacial score (nSPS) is 8.29. The Bertz CT molecular complexity index is 96.1. The van der Waals surface area contributed by atoms with Gasteiger partial charge < -0.3 is 12.3 Å². The molecular weight excluding hydrogens is 187 g/mol. The third-order valence-electron chi connectivity index (χ3n) is 0. The third-order valence-corrected chi connectivity index (χ3v) is 0. The molecule has 7 heteroatoms. The van der Waals surface area contributed by atoms with Gasteiger partial charge in [0.25, 0.3) is 0 Å². The summed E-state index contributed by atoms with van der Waals surface area (Å²) in [5.74, 6) is 0. The Morgan fingerprint density at radius 2 is 1.29 bits per heavy atom. The second-order valence-electron chi connectivity index (χ2n) is 0.408. The van der Waals surface area contributed by atoms with Gasteiger partial charge in [-0.25, -0.2) is 0 Å². The monoisotopic (exact) mass is 196 g/mol. The third kappa shape index (κ3) is 510. The summed E-state index contributed by atoms with van der Waals surface area (Å²) in [4.78, 5) is 0. The van der Waals surface area contributed by atoms with Crippen molar-refractivity contribution in [1.82, 2.24) is 12.3 Å². The molecule has 0 saturated carbocycles. The molecule has 0 saturated heterocycles. The fourth-order valence-corrected chi connectivity index (χ4v) is 0. The maximum atomic E-state index is 9.02. The van der Waals surface area contributed by atoms with Crippen molar-refractivity contribution in [3.8, 4) is 0 Å². The Labute approximate surface area is 49.0 Å². The van der Waals surface area contributed by atoms with Crippen LogP contribution in [0.25, 0.3) is 0 Å². The van der Waals surface area contributed by atoms with Crippen LogP contribution in [0, 0.1) is 0 Å². The Morgan fingerprint density at radius 1 is 1.29 bits per heavy atom. The topological polar surface area (TPSA) is 136 Å². The predicted octanol–water partition coefficient (Wildman–Crippen LogP) is -0.633. The van der Waals surface area contributed by atoms with Crippen molar-refractivity contribution in [2.75, 3.05) is 0 Å². The molecule has 48 valence electrons. The van der Waals surface area contributed by atoms with Gasteiger partial charge in [0.2, 0.25) is 0 Å². The Kier molecular flexibility index (Phi) is 10.4. The number of hydrogen-bond acceptors (Lipinski definition) is 3. The number of hydrogen-bond donors (Lipinski definition) is 2. The minimum absolute atomic E-state index is 0. The van der Waals surface area contributed by atoms with Gasteiger partial charge in [0, 0.05) is 0 Å². The number of quaternary nitrogens is 2. The number of rotatable bonds is 0. The Hall–Kier alpha value is 0.509. The summed E-state index contributed by atoms with van der Waals surface area (Å²) < 4.78 is 27.1. The van der Waals surface area contributed by atoms with E-state index in [-0.39, 0.29) is 12.3 Å². The Balaban J connectivity index is -0.0000000800. The van der Waals surface area contributed by atoms with Crippen molar-refractivity contribution >= 4 is 22.8 Å². The van der Waals surface area contributed by atoms with E-state index >= 15 is 0 Å². The van der Waals surface area contributed by atoms with Crippen molar-refractivity contribution in [3.05, 3.63) is 0 Å². The van der Waals surface area contributed by atoms with Crippen LogP contribution < -0.4 is 12.3 Å². The van der Waals surface area contributed by atoms with E-state index in [1.165, 1.54) is 14.4 Å². The fraction of sp³-hybridized carbons (Fsp3) is 0. The molecule has 0 aromatic carbocycles. The van der Waals surface area contributed by atoms with Crippen LogP contribution in [0.15, 0.2) is 0 Å². The van der Waals surface area contributed by atoms with E-state index in [9.17, 15) is 0 Å². The van der Waals surface area contributed by atoms with Gasteiger partial charge in [0.1, 0.15) is 0 Å². The molecule has 0 atom stereocenters. The first-order valence-electron chi connectivity index (χ1n) is 0.667. The van der Waals surface area contributed by atoms with Gasteiger partial charge in [-0.05, 0) is 0 Å². The van der Waals surface area contributed by atoms with E-state index in [1.54, 1.807) is 0 Å². The van der Waals surface area contributed by atoms with Gasteiger partial charge >= 0.3 is 36.1 Å². The van der Waals surface area contributed by atoms with Crippen molar-refractivity contribution in [3.63, 3.8) is 0 Å². The van der Waals surface area contributed by atoms with E-state index in [4.69, 9.17) is 13.3 Å². The quantitative estimate of drug-likeness (QED) is 0.497. The average Bonchev–Trinajstić information content (AvgIpc) is 0.722. The summed E-state index contributed by atoms with van der Waals surface area (Å²) in [7, 11) is -4.04. The molecule has 0 radical (unpaired) electrons. The van der Waals surface area contributed by atoms with Crippen LogP contribution in [-0.2, 0) is 8.42 Å². The van der Waals surface area contributed by atoms with E-state index in [2.05, 4.69) is 0 Å². The zero-order valence-electron chi connectivity index (χ0n) is 4.04. The maximum absolute atomic E-state index is 9.02.